The van der Waals surface area contributed by atoms with Crippen LogP contribution in [0.3, 0.4) is 0 Å². The van der Waals surface area contributed by atoms with Gasteiger partial charge in [-0.1, -0.05) is 0 Å². The van der Waals surface area contributed by atoms with Crippen LogP contribution in [0.15, 0.2) is 0 Å². The van der Waals surface area contributed by atoms with Crippen LogP contribution in [0.25, 0.3) is 0 Å². The van der Waals surface area contributed by atoms with Crippen molar-refractivity contribution in [3.8, 4) is 0 Å². The summed E-state index contributed by atoms with van der Waals surface area (Å²) in [7, 11) is 0. The van der Waals surface area contributed by atoms with Gasteiger partial charge in [-0.15, -0.1) is 0 Å². The number of hydrogen-bond acceptors (Lipinski definition) is 2. The Morgan fingerprint density at radius 2 is 1.50 bits per heavy atom. The van der Waals surface area contributed by atoms with E-state index in [9.17, 15) is 0 Å². The molecule has 0 bridgehead atoms. The summed E-state index contributed by atoms with van der Waals surface area (Å²) >= 11 is 0. The van der Waals surface area contributed by atoms with E-state index in [1.807, 2.05) is 0 Å². The van der Waals surface area contributed by atoms with Gasteiger partial charge in [0, 0.05) is 0 Å². The summed E-state index contributed by atoms with van der Waals surface area (Å²) in [6.07, 6.45) is 0. The van der Waals surface area contributed by atoms with Gasteiger partial charge in [0.05, 0.1) is 17.4 Å². The van der Waals surface area contributed by atoms with Crippen molar-refractivity contribution < 1.29 is 26.0 Å². The molecule has 0 aromatic rings. The van der Waals surface area contributed by atoms with E-state index in [1.54, 1.807) is 0 Å². The van der Waals surface area contributed by atoms with E-state index in [1.165, 1.54) is 0 Å². The second-order valence-electron chi connectivity index (χ2n) is 0.552. The Balaban J connectivity index is -0.0000000267. The van der Waals surface area contributed by atoms with Gasteiger partial charge in [0.15, 0.2) is 0 Å². The quantitative estimate of drug-likeness (QED) is 0.372. The zero-order valence-electron chi connectivity index (χ0n) is 4.22. The van der Waals surface area contributed by atoms with E-state index < -0.39 is 12.6 Å². The van der Waals surface area contributed by atoms with Crippen LogP contribution in [0.1, 0.15) is 0 Å². The Kier molecular flexibility index (Phi) is 48.9. The topological polar surface area (TPSA) is 121 Å². The van der Waals surface area contributed by atoms with Crippen molar-refractivity contribution in [2.24, 2.45) is 0 Å². The molecule has 0 heterocycles. The first-order valence-corrected chi connectivity index (χ1v) is 1.10. The molecule has 0 atom stereocenters. The summed E-state index contributed by atoms with van der Waals surface area (Å²) in [5.41, 5.74) is 0. The van der Waals surface area contributed by atoms with Crippen molar-refractivity contribution in [2.45, 2.75) is 0 Å². The van der Waals surface area contributed by atoms with Gasteiger partial charge in [-0.3, -0.25) is 0 Å². The highest BCUT2D eigenvalue weighted by molar-refractivity contribution is 5.75. The van der Waals surface area contributed by atoms with Crippen LogP contribution in [0.5, 0.6) is 0 Å². The standard InChI is InChI=1S/C2H4O3.Al.2H2O.H/c3-1-2(4)5;;;;/h3H,1H2,(H,4,5);;2*1H2;. The monoisotopic (exact) mass is 140 g/mol. The Hall–Kier alpha value is -0.118. The zero-order valence-corrected chi connectivity index (χ0v) is 5.63. The summed E-state index contributed by atoms with van der Waals surface area (Å²) in [5, 5.41) is 15.0. The van der Waals surface area contributed by atoms with Crippen LogP contribution in [-0.4, -0.2) is 51.1 Å². The average molecular weight is 140 g/mol. The largest absolute Gasteiger partial charge is 0.480 e. The molecule has 0 aliphatic carbocycles. The third-order valence-corrected chi connectivity index (χ3v) is 0.135. The Morgan fingerprint density at radius 1 is 1.38 bits per heavy atom. The Bertz CT molecular complexity index is 45.7. The molecule has 5 nitrogen and oxygen atoms in total. The van der Waals surface area contributed by atoms with E-state index in [-0.39, 0.29) is 28.3 Å². The fraction of sp³-hybridized carbons (Fsp3) is 0.500. The molecule has 0 aliphatic rings. The first-order valence-electron chi connectivity index (χ1n) is 1.10. The molecule has 0 fully saturated rings. The lowest BCUT2D eigenvalue weighted by molar-refractivity contribution is -0.140. The number of hydrogen-bond donors (Lipinski definition) is 2. The van der Waals surface area contributed by atoms with E-state index >= 15 is 0 Å². The van der Waals surface area contributed by atoms with Gasteiger partial charge in [0.2, 0.25) is 0 Å². The first kappa shape index (κ1) is 24.8. The van der Waals surface area contributed by atoms with Crippen molar-refractivity contribution >= 4 is 23.3 Å². The van der Waals surface area contributed by atoms with Crippen LogP contribution < -0.4 is 0 Å². The van der Waals surface area contributed by atoms with E-state index in [0.717, 1.165) is 0 Å². The van der Waals surface area contributed by atoms with Gasteiger partial charge >= 0.3 is 5.97 Å². The van der Waals surface area contributed by atoms with Crippen molar-refractivity contribution in [1.82, 2.24) is 0 Å². The van der Waals surface area contributed by atoms with Gasteiger partial charge < -0.3 is 21.2 Å². The molecular formula is C2H9AlO5. The zero-order chi connectivity index (χ0) is 4.28. The maximum Gasteiger partial charge on any atom is 0.329 e. The van der Waals surface area contributed by atoms with Gasteiger partial charge in [-0.05, 0) is 0 Å². The highest BCUT2D eigenvalue weighted by atomic mass is 27.0. The van der Waals surface area contributed by atoms with Crippen LogP contribution in [0.2, 0.25) is 0 Å². The van der Waals surface area contributed by atoms with Crippen molar-refractivity contribution in [1.29, 1.82) is 0 Å². The van der Waals surface area contributed by atoms with E-state index in [2.05, 4.69) is 0 Å². The summed E-state index contributed by atoms with van der Waals surface area (Å²) in [5.74, 6) is -1.19. The SMILES string of the molecule is O.O.O=C(O)CO.[AlH]. The number of aliphatic hydroxyl groups excluding tert-OH is 1. The first-order chi connectivity index (χ1) is 2.27. The van der Waals surface area contributed by atoms with Crippen LogP contribution >= 0.6 is 0 Å². The minimum absolute atomic E-state index is 0. The molecule has 0 aromatic carbocycles. The summed E-state index contributed by atoms with van der Waals surface area (Å²) in [6.45, 7) is -0.778. The lowest BCUT2D eigenvalue weighted by atomic mass is 10.8. The molecule has 50 valence electrons. The molecule has 0 aliphatic heterocycles. The van der Waals surface area contributed by atoms with Crippen molar-refractivity contribution in [2.75, 3.05) is 6.61 Å². The third kappa shape index (κ3) is 39.6. The molecule has 0 rings (SSSR count). The van der Waals surface area contributed by atoms with Crippen LogP contribution in [0, 0.1) is 0 Å². The smallest absolute Gasteiger partial charge is 0.329 e. The predicted molar refractivity (Wildman–Crippen MR) is 29.1 cm³/mol. The highest BCUT2D eigenvalue weighted by Gasteiger charge is 1.82. The molecule has 8 heavy (non-hydrogen) atoms. The summed E-state index contributed by atoms with van der Waals surface area (Å²) in [4.78, 5) is 9.12. The fourth-order valence-corrected chi connectivity index (χ4v) is 0. The lowest BCUT2D eigenvalue weighted by Crippen LogP contribution is -1.98. The molecule has 0 unspecified atom stereocenters. The molecule has 0 aromatic heterocycles. The number of carboxylic acid groups (broad SMARTS) is 1. The van der Waals surface area contributed by atoms with E-state index in [0.29, 0.717) is 0 Å². The second-order valence-corrected chi connectivity index (χ2v) is 0.552. The molecule has 0 saturated carbocycles. The molecule has 6 N–H and O–H groups in total. The lowest BCUT2D eigenvalue weighted by Gasteiger charge is -1.72. The van der Waals surface area contributed by atoms with Gasteiger partial charge in [0.1, 0.15) is 6.61 Å². The number of rotatable bonds is 1. The molecule has 0 saturated heterocycles. The molecule has 2 radical (unpaired) electrons. The summed E-state index contributed by atoms with van der Waals surface area (Å²) in [6, 6.07) is 0. The normalized spacial score (nSPS) is 4.62. The Morgan fingerprint density at radius 3 is 1.50 bits per heavy atom. The maximum atomic E-state index is 9.12. The minimum Gasteiger partial charge on any atom is -0.480 e. The minimum atomic E-state index is -1.19. The van der Waals surface area contributed by atoms with Gasteiger partial charge in [0.25, 0.3) is 0 Å². The summed E-state index contributed by atoms with van der Waals surface area (Å²) < 4.78 is 0. The van der Waals surface area contributed by atoms with Crippen molar-refractivity contribution in [3.05, 3.63) is 0 Å². The number of carbonyl (C=O) groups is 1. The Labute approximate surface area is 56.7 Å². The molecule has 0 spiro atoms. The van der Waals surface area contributed by atoms with Gasteiger partial charge in [-0.2, -0.15) is 0 Å². The van der Waals surface area contributed by atoms with E-state index in [4.69, 9.17) is 15.0 Å². The highest BCUT2D eigenvalue weighted by Crippen LogP contribution is 1.48. The third-order valence-electron chi connectivity index (χ3n) is 0.135. The predicted octanol–water partition coefficient (Wildman–Crippen LogP) is -3.23. The fourth-order valence-electron chi connectivity index (χ4n) is 0. The molecular weight excluding hydrogens is 131 g/mol. The van der Waals surface area contributed by atoms with Gasteiger partial charge in [-0.25, -0.2) is 4.79 Å². The maximum absolute atomic E-state index is 9.12. The molecule has 0 amide bonds. The average Bonchev–Trinajstić information content (AvgIpc) is 1.38. The van der Waals surface area contributed by atoms with Crippen LogP contribution in [0.4, 0.5) is 0 Å². The van der Waals surface area contributed by atoms with Crippen molar-refractivity contribution in [3.63, 3.8) is 0 Å². The number of aliphatic hydroxyl groups is 1. The number of aliphatic carboxylic acids is 1. The van der Waals surface area contributed by atoms with Crippen LogP contribution in [-0.2, 0) is 4.79 Å². The second kappa shape index (κ2) is 15.8. The number of carboxylic acids is 1. The molecule has 6 heteroatoms.